The Hall–Kier alpha value is -5.41. The van der Waals surface area contributed by atoms with E-state index in [0.29, 0.717) is 0 Å². The van der Waals surface area contributed by atoms with Gasteiger partial charge in [0.15, 0.2) is 11.5 Å². The van der Waals surface area contributed by atoms with Crippen molar-refractivity contribution in [3.8, 4) is 62.0 Å². The van der Waals surface area contributed by atoms with Crippen LogP contribution < -0.4 is 4.74 Å². The van der Waals surface area contributed by atoms with Gasteiger partial charge in [-0.15, -0.1) is 0 Å². The summed E-state index contributed by atoms with van der Waals surface area (Å²) < 4.78 is 8.76. The molecule has 0 amide bonds. The summed E-state index contributed by atoms with van der Waals surface area (Å²) in [6.45, 7) is 0. The van der Waals surface area contributed by atoms with E-state index in [4.69, 9.17) is 9.72 Å². The Morgan fingerprint density at radius 1 is 0.425 bits per heavy atom. The quantitative estimate of drug-likeness (QED) is 0.235. The predicted molar refractivity (Wildman–Crippen MR) is 163 cm³/mol. The first-order valence-electron chi connectivity index (χ1n) is 13.5. The number of aromatic nitrogens is 2. The number of imidazole rings is 1. The van der Waals surface area contributed by atoms with Crippen LogP contribution in [0.2, 0.25) is 0 Å². The summed E-state index contributed by atoms with van der Waals surface area (Å²) in [6.07, 6.45) is 0. The normalized spacial score (nSPS) is 11.7. The van der Waals surface area contributed by atoms with Gasteiger partial charge in [-0.3, -0.25) is 4.57 Å². The predicted octanol–water partition coefficient (Wildman–Crippen LogP) is 9.80. The smallest absolute Gasteiger partial charge is 0.153 e. The molecule has 0 bridgehead atoms. The third-order valence-corrected chi connectivity index (χ3v) is 7.57. The van der Waals surface area contributed by atoms with Crippen LogP contribution >= 0.6 is 0 Å². The van der Waals surface area contributed by atoms with Crippen molar-refractivity contribution in [1.82, 2.24) is 9.55 Å². The van der Waals surface area contributed by atoms with Crippen LogP contribution in [0, 0.1) is 0 Å². The molecule has 1 aromatic heterocycles. The van der Waals surface area contributed by atoms with Crippen molar-refractivity contribution in [2.45, 2.75) is 0 Å². The van der Waals surface area contributed by atoms with Gasteiger partial charge in [0.25, 0.3) is 0 Å². The lowest BCUT2D eigenvalue weighted by Crippen LogP contribution is -2.06. The van der Waals surface area contributed by atoms with Gasteiger partial charge in [-0.1, -0.05) is 103 Å². The van der Waals surface area contributed by atoms with Gasteiger partial charge in [0.1, 0.15) is 11.3 Å². The summed E-state index contributed by atoms with van der Waals surface area (Å²) in [5.74, 6) is 2.55. The molecular weight excluding hydrogens is 488 g/mol. The maximum atomic E-state index is 6.53. The molecule has 7 aromatic rings. The van der Waals surface area contributed by atoms with E-state index in [1.165, 1.54) is 22.3 Å². The van der Waals surface area contributed by atoms with Crippen molar-refractivity contribution >= 4 is 11.0 Å². The molecule has 188 valence electrons. The summed E-state index contributed by atoms with van der Waals surface area (Å²) in [4.78, 5) is 5.01. The molecule has 1 aliphatic rings. The maximum Gasteiger partial charge on any atom is 0.153 e. The molecule has 0 spiro atoms. The fourth-order valence-electron chi connectivity index (χ4n) is 5.66. The maximum absolute atomic E-state index is 6.53. The molecule has 0 N–H and O–H groups in total. The molecule has 40 heavy (non-hydrogen) atoms. The first-order chi connectivity index (χ1) is 19.8. The average Bonchev–Trinajstić information content (AvgIpc) is 3.43. The molecule has 0 saturated heterocycles. The van der Waals surface area contributed by atoms with E-state index in [0.717, 1.165) is 50.7 Å². The van der Waals surface area contributed by atoms with Crippen molar-refractivity contribution in [2.75, 3.05) is 0 Å². The van der Waals surface area contributed by atoms with Crippen molar-refractivity contribution in [3.63, 3.8) is 0 Å². The molecule has 6 aromatic carbocycles. The van der Waals surface area contributed by atoms with Gasteiger partial charge in [0.2, 0.25) is 0 Å². The zero-order valence-electron chi connectivity index (χ0n) is 21.7. The Morgan fingerprint density at radius 2 is 1.00 bits per heavy atom. The third-order valence-electron chi connectivity index (χ3n) is 7.57. The van der Waals surface area contributed by atoms with Crippen molar-refractivity contribution in [3.05, 3.63) is 146 Å². The van der Waals surface area contributed by atoms with Crippen LogP contribution in [0.4, 0.5) is 0 Å². The van der Waals surface area contributed by atoms with Crippen molar-refractivity contribution in [2.24, 2.45) is 0 Å². The van der Waals surface area contributed by atoms with Crippen LogP contribution in [0.25, 0.3) is 61.5 Å². The minimum Gasteiger partial charge on any atom is -0.453 e. The zero-order valence-corrected chi connectivity index (χ0v) is 21.7. The topological polar surface area (TPSA) is 27.1 Å². The zero-order chi connectivity index (χ0) is 26.5. The average molecular weight is 513 g/mol. The molecule has 3 nitrogen and oxygen atoms in total. The number of para-hydroxylation sites is 1. The Bertz CT molecular complexity index is 1950. The van der Waals surface area contributed by atoms with Crippen molar-refractivity contribution in [1.29, 1.82) is 0 Å². The lowest BCUT2D eigenvalue weighted by molar-refractivity contribution is 0.476. The molecule has 2 heterocycles. The van der Waals surface area contributed by atoms with E-state index in [9.17, 15) is 0 Å². The van der Waals surface area contributed by atoms with Crippen LogP contribution in [0.3, 0.4) is 0 Å². The summed E-state index contributed by atoms with van der Waals surface area (Å²) in [5, 5.41) is 0. The molecule has 0 atom stereocenters. The second kappa shape index (κ2) is 9.11. The number of hydrogen-bond donors (Lipinski definition) is 0. The molecule has 3 heteroatoms. The Balaban J connectivity index is 1.31. The highest BCUT2D eigenvalue weighted by atomic mass is 16.5. The Labute approximate surface area is 232 Å². The summed E-state index contributed by atoms with van der Waals surface area (Å²) in [7, 11) is 0. The van der Waals surface area contributed by atoms with Crippen LogP contribution in [0.5, 0.6) is 11.5 Å². The minimum atomic E-state index is 0.819. The fourth-order valence-corrected chi connectivity index (χ4v) is 5.66. The van der Waals surface area contributed by atoms with E-state index >= 15 is 0 Å². The Morgan fingerprint density at radius 3 is 1.62 bits per heavy atom. The van der Waals surface area contributed by atoms with Gasteiger partial charge < -0.3 is 4.74 Å². The summed E-state index contributed by atoms with van der Waals surface area (Å²) in [6, 6.07) is 50.9. The van der Waals surface area contributed by atoms with Gasteiger partial charge in [-0.2, -0.15) is 0 Å². The number of fused-ring (bicyclic) bond motifs is 2. The molecule has 1 aliphatic heterocycles. The number of hydrogen-bond acceptors (Lipinski definition) is 2. The largest absolute Gasteiger partial charge is 0.453 e. The van der Waals surface area contributed by atoms with Gasteiger partial charge >= 0.3 is 0 Å². The van der Waals surface area contributed by atoms with Crippen molar-refractivity contribution < 1.29 is 4.74 Å². The van der Waals surface area contributed by atoms with Gasteiger partial charge in [-0.05, 0) is 75.8 Å². The fraction of sp³-hybridized carbons (Fsp3) is 0. The summed E-state index contributed by atoms with van der Waals surface area (Å²) >= 11 is 0. The number of ether oxygens (including phenoxy) is 1. The standard InChI is InChI=1S/C37H24N2O/c1-4-11-25(12-5-1)29-21-30(26-13-6-2-7-14-26)23-31(22-29)28-19-20-33-35(24-28)40-34-18-10-17-32-36(34)39(33)37(38-32)27-15-8-3-9-16-27/h1-24H. The van der Waals surface area contributed by atoms with E-state index in [-0.39, 0.29) is 0 Å². The van der Waals surface area contributed by atoms with E-state index in [1.54, 1.807) is 0 Å². The van der Waals surface area contributed by atoms with E-state index in [1.807, 2.05) is 24.3 Å². The van der Waals surface area contributed by atoms with Gasteiger partial charge in [0, 0.05) is 5.56 Å². The molecule has 0 fully saturated rings. The molecule has 0 aliphatic carbocycles. The SMILES string of the molecule is c1ccc(-c2cc(-c3ccccc3)cc(-c3ccc4c(c3)Oc3cccc5nc(-c6ccccc6)n-4c35)c2)cc1. The monoisotopic (exact) mass is 512 g/mol. The van der Waals surface area contributed by atoms with Crippen LogP contribution in [-0.4, -0.2) is 9.55 Å². The molecule has 8 rings (SSSR count). The highest BCUT2D eigenvalue weighted by molar-refractivity contribution is 5.91. The molecule has 0 radical (unpaired) electrons. The van der Waals surface area contributed by atoms with E-state index < -0.39 is 0 Å². The minimum absolute atomic E-state index is 0.819. The molecule has 0 saturated carbocycles. The van der Waals surface area contributed by atoms with Gasteiger partial charge in [-0.25, -0.2) is 4.98 Å². The van der Waals surface area contributed by atoms with Crippen LogP contribution in [0.15, 0.2) is 146 Å². The second-order valence-corrected chi connectivity index (χ2v) is 10.1. The first kappa shape index (κ1) is 22.6. The first-order valence-corrected chi connectivity index (χ1v) is 13.5. The number of rotatable bonds is 4. The number of benzene rings is 6. The molecular formula is C37H24N2O. The number of nitrogens with zero attached hydrogens (tertiary/aromatic N) is 2. The Kier molecular flexibility index (Phi) is 5.14. The van der Waals surface area contributed by atoms with Gasteiger partial charge in [0.05, 0.1) is 11.2 Å². The third kappa shape index (κ3) is 3.71. The lowest BCUT2D eigenvalue weighted by atomic mass is 9.93. The van der Waals surface area contributed by atoms with Crippen LogP contribution in [0.1, 0.15) is 0 Å². The highest BCUT2D eigenvalue weighted by Gasteiger charge is 2.25. The summed E-state index contributed by atoms with van der Waals surface area (Å²) in [5.41, 5.74) is 11.0. The highest BCUT2D eigenvalue weighted by Crippen LogP contribution is 2.45. The molecule has 0 unspecified atom stereocenters. The van der Waals surface area contributed by atoms with Crippen LogP contribution in [-0.2, 0) is 0 Å². The lowest BCUT2D eigenvalue weighted by Gasteiger charge is -2.22. The second-order valence-electron chi connectivity index (χ2n) is 10.1. The van der Waals surface area contributed by atoms with E-state index in [2.05, 4.69) is 126 Å².